The van der Waals surface area contributed by atoms with Crippen LogP contribution in [0.15, 0.2) is 41.4 Å². The van der Waals surface area contributed by atoms with Crippen molar-refractivity contribution in [2.45, 2.75) is 6.54 Å². The van der Waals surface area contributed by atoms with Crippen LogP contribution in [0.3, 0.4) is 0 Å². The van der Waals surface area contributed by atoms with E-state index in [0.29, 0.717) is 27.8 Å². The number of fused-ring (bicyclic) bond motifs is 1. The van der Waals surface area contributed by atoms with Crippen LogP contribution in [0.4, 0.5) is 0 Å². The number of benzene rings is 2. The molecule has 0 bridgehead atoms. The summed E-state index contributed by atoms with van der Waals surface area (Å²) >= 11 is 1.34. The summed E-state index contributed by atoms with van der Waals surface area (Å²) in [5.74, 6) is 4.50. The van der Waals surface area contributed by atoms with E-state index in [2.05, 4.69) is 10.9 Å². The Balaban J connectivity index is 1.92. The monoisotopic (exact) mass is 412 g/mol. The van der Waals surface area contributed by atoms with Gasteiger partial charge in [0.2, 0.25) is 0 Å². The number of aromatic nitrogens is 1. The van der Waals surface area contributed by atoms with Crippen molar-refractivity contribution in [3.05, 3.63) is 41.2 Å². The number of ether oxygens (including phenoxy) is 4. The van der Waals surface area contributed by atoms with Gasteiger partial charge in [0, 0.05) is 18.2 Å². The summed E-state index contributed by atoms with van der Waals surface area (Å²) in [5.41, 5.74) is 0.811. The molecule has 0 aliphatic rings. The van der Waals surface area contributed by atoms with E-state index in [-0.39, 0.29) is 13.2 Å². The van der Waals surface area contributed by atoms with Gasteiger partial charge in [0.25, 0.3) is 5.91 Å². The van der Waals surface area contributed by atoms with E-state index in [4.69, 9.17) is 25.4 Å². The number of rotatable bonds is 7. The summed E-state index contributed by atoms with van der Waals surface area (Å²) < 4.78 is 24.0. The second-order valence-electron chi connectivity index (χ2n) is 5.82. The van der Waals surface area contributed by atoms with Crippen molar-refractivity contribution in [2.75, 3.05) is 27.9 Å². The molecule has 1 heterocycles. The molecule has 0 fully saturated rings. The highest BCUT2D eigenvalue weighted by Gasteiger charge is 2.13. The van der Waals surface area contributed by atoms with Crippen molar-refractivity contribution in [2.24, 2.45) is 4.99 Å². The van der Waals surface area contributed by atoms with Crippen molar-refractivity contribution in [1.29, 1.82) is 0 Å². The maximum Gasteiger partial charge on any atom is 0.286 e. The number of amides is 1. The van der Waals surface area contributed by atoms with Gasteiger partial charge in [0.1, 0.15) is 11.5 Å². The fraction of sp³-hybridized carbons (Fsp3) is 0.238. The van der Waals surface area contributed by atoms with Crippen LogP contribution in [0.1, 0.15) is 0 Å². The highest BCUT2D eigenvalue weighted by molar-refractivity contribution is 7.16. The van der Waals surface area contributed by atoms with E-state index >= 15 is 0 Å². The van der Waals surface area contributed by atoms with Gasteiger partial charge in [-0.2, -0.15) is 4.99 Å². The summed E-state index contributed by atoms with van der Waals surface area (Å²) in [6.45, 7) is 0.0580. The summed E-state index contributed by atoms with van der Waals surface area (Å²) in [7, 11) is 4.69. The number of thiazole rings is 1. The zero-order valence-corrected chi connectivity index (χ0v) is 17.1. The van der Waals surface area contributed by atoms with Gasteiger partial charge in [0.15, 0.2) is 22.9 Å². The zero-order valence-electron chi connectivity index (χ0n) is 16.3. The van der Waals surface area contributed by atoms with E-state index in [0.717, 1.165) is 10.2 Å². The lowest BCUT2D eigenvalue weighted by Gasteiger charge is -2.08. The van der Waals surface area contributed by atoms with Crippen molar-refractivity contribution in [1.82, 2.24) is 4.57 Å². The van der Waals surface area contributed by atoms with Gasteiger partial charge < -0.3 is 23.5 Å². The van der Waals surface area contributed by atoms with Crippen LogP contribution in [0.25, 0.3) is 10.2 Å². The SMILES string of the molecule is C#CCn1c(=NC(=O)COc2cccc(OC)c2)sc2cc(OC)c(OC)cc21. The number of carbonyl (C=O) groups excluding carboxylic acids is 1. The molecule has 0 saturated heterocycles. The Morgan fingerprint density at radius 3 is 2.52 bits per heavy atom. The van der Waals surface area contributed by atoms with Crippen molar-refractivity contribution in [3.8, 4) is 35.3 Å². The summed E-state index contributed by atoms with van der Waals surface area (Å²) in [6.07, 6.45) is 5.51. The molecule has 0 atom stereocenters. The van der Waals surface area contributed by atoms with Gasteiger partial charge in [-0.1, -0.05) is 23.3 Å². The molecule has 0 N–H and O–H groups in total. The first kappa shape index (κ1) is 20.3. The molecule has 0 radical (unpaired) electrons. The van der Waals surface area contributed by atoms with E-state index in [1.807, 2.05) is 12.1 Å². The van der Waals surface area contributed by atoms with Crippen molar-refractivity contribution in [3.63, 3.8) is 0 Å². The van der Waals surface area contributed by atoms with E-state index in [1.165, 1.54) is 11.3 Å². The average Bonchev–Trinajstić information content (AvgIpc) is 3.07. The average molecular weight is 412 g/mol. The smallest absolute Gasteiger partial charge is 0.286 e. The lowest BCUT2D eigenvalue weighted by Crippen LogP contribution is -2.19. The van der Waals surface area contributed by atoms with Gasteiger partial charge >= 0.3 is 0 Å². The van der Waals surface area contributed by atoms with Crippen LogP contribution < -0.4 is 23.7 Å². The van der Waals surface area contributed by atoms with Crippen LogP contribution in [-0.2, 0) is 11.3 Å². The highest BCUT2D eigenvalue weighted by atomic mass is 32.1. The zero-order chi connectivity index (χ0) is 20.8. The van der Waals surface area contributed by atoms with Gasteiger partial charge in [0.05, 0.1) is 38.1 Å². The predicted octanol–water partition coefficient (Wildman–Crippen LogP) is 2.87. The fourth-order valence-electron chi connectivity index (χ4n) is 2.70. The first-order chi connectivity index (χ1) is 14.1. The summed E-state index contributed by atoms with van der Waals surface area (Å²) in [6, 6.07) is 10.7. The summed E-state index contributed by atoms with van der Waals surface area (Å²) in [5, 5.41) is 0. The minimum absolute atomic E-state index is 0.204. The Kier molecular flexibility index (Phi) is 6.42. The quantitative estimate of drug-likeness (QED) is 0.558. The number of hydrogen-bond donors (Lipinski definition) is 0. The fourth-order valence-corrected chi connectivity index (χ4v) is 3.76. The van der Waals surface area contributed by atoms with Crippen LogP contribution in [0.5, 0.6) is 23.0 Å². The van der Waals surface area contributed by atoms with Crippen LogP contribution >= 0.6 is 11.3 Å². The van der Waals surface area contributed by atoms with Gasteiger partial charge in [-0.3, -0.25) is 4.79 Å². The van der Waals surface area contributed by atoms with Gasteiger partial charge in [-0.05, 0) is 12.1 Å². The molecule has 2 aromatic carbocycles. The third kappa shape index (κ3) is 4.52. The second-order valence-corrected chi connectivity index (χ2v) is 6.83. The molecule has 0 unspecified atom stereocenters. The first-order valence-corrected chi connectivity index (χ1v) is 9.44. The normalized spacial score (nSPS) is 11.2. The molecule has 3 rings (SSSR count). The maximum atomic E-state index is 12.4. The number of hydrogen-bond acceptors (Lipinski definition) is 6. The lowest BCUT2D eigenvalue weighted by molar-refractivity contribution is -0.120. The largest absolute Gasteiger partial charge is 0.497 e. The Morgan fingerprint density at radius 1 is 1.10 bits per heavy atom. The highest BCUT2D eigenvalue weighted by Crippen LogP contribution is 2.33. The lowest BCUT2D eigenvalue weighted by atomic mass is 10.3. The molecule has 29 heavy (non-hydrogen) atoms. The first-order valence-electron chi connectivity index (χ1n) is 8.62. The molecule has 3 aromatic rings. The molecule has 0 saturated carbocycles. The Hall–Kier alpha value is -3.44. The number of nitrogens with zero attached hydrogens (tertiary/aromatic N) is 2. The van der Waals surface area contributed by atoms with E-state index < -0.39 is 5.91 Å². The van der Waals surface area contributed by atoms with Crippen LogP contribution in [0, 0.1) is 12.3 Å². The number of methoxy groups -OCH3 is 3. The minimum Gasteiger partial charge on any atom is -0.497 e. The second kappa shape index (κ2) is 9.17. The van der Waals surface area contributed by atoms with Gasteiger partial charge in [-0.15, -0.1) is 6.42 Å². The third-order valence-corrected chi connectivity index (χ3v) is 5.10. The van der Waals surface area contributed by atoms with Crippen molar-refractivity contribution >= 4 is 27.5 Å². The standard InChI is InChI=1S/C21H20N2O5S/c1-5-9-23-16-11-17(26-3)18(27-4)12-19(16)29-21(23)22-20(24)13-28-15-8-6-7-14(10-15)25-2/h1,6-8,10-12H,9,13H2,2-4H3. The molecular weight excluding hydrogens is 392 g/mol. The van der Waals surface area contributed by atoms with E-state index in [9.17, 15) is 4.79 Å². The van der Waals surface area contributed by atoms with Crippen LogP contribution in [0.2, 0.25) is 0 Å². The van der Waals surface area contributed by atoms with Gasteiger partial charge in [-0.25, -0.2) is 0 Å². The molecule has 0 aliphatic carbocycles. The van der Waals surface area contributed by atoms with Crippen molar-refractivity contribution < 1.29 is 23.7 Å². The predicted molar refractivity (Wildman–Crippen MR) is 111 cm³/mol. The Morgan fingerprint density at radius 2 is 1.83 bits per heavy atom. The van der Waals surface area contributed by atoms with Crippen LogP contribution in [-0.4, -0.2) is 38.4 Å². The molecule has 8 heteroatoms. The Bertz CT molecular complexity index is 1140. The van der Waals surface area contributed by atoms with E-state index in [1.54, 1.807) is 50.2 Å². The molecule has 0 spiro atoms. The molecule has 1 amide bonds. The maximum absolute atomic E-state index is 12.4. The Labute approximate surface area is 172 Å². The topological polar surface area (TPSA) is 71.3 Å². The molecule has 0 aliphatic heterocycles. The third-order valence-electron chi connectivity index (χ3n) is 4.06. The molecule has 7 nitrogen and oxygen atoms in total. The number of terminal acetylenes is 1. The molecule has 150 valence electrons. The molecule has 1 aromatic heterocycles. The molecular formula is C21H20N2O5S. The number of carbonyl (C=O) groups is 1. The summed E-state index contributed by atoms with van der Waals surface area (Å²) in [4.78, 5) is 17.1. The minimum atomic E-state index is -0.427.